The van der Waals surface area contributed by atoms with Crippen LogP contribution < -0.4 is 0 Å². The summed E-state index contributed by atoms with van der Waals surface area (Å²) in [6, 6.07) is 1.90. The highest BCUT2D eigenvalue weighted by Crippen LogP contribution is 2.35. The molecule has 3 rings (SSSR count). The molecule has 0 spiro atoms. The molecule has 1 aliphatic rings. The average Bonchev–Trinajstić information content (AvgIpc) is 2.97. The monoisotopic (exact) mass is 297 g/mol. The molecule has 5 nitrogen and oxygen atoms in total. The van der Waals surface area contributed by atoms with Gasteiger partial charge in [0.2, 0.25) is 0 Å². The fraction of sp³-hybridized carbons (Fsp3) is 0.417. The van der Waals surface area contributed by atoms with E-state index in [0.717, 1.165) is 12.0 Å². The summed E-state index contributed by atoms with van der Waals surface area (Å²) in [5.41, 5.74) is 1.12. The smallest absolute Gasteiger partial charge is 0.262 e. The predicted molar refractivity (Wildman–Crippen MR) is 73.5 cm³/mol. The largest absolute Gasteiger partial charge is 0.339 e. The molecular formula is C12H15N3O2S2. The molecule has 102 valence electrons. The van der Waals surface area contributed by atoms with Crippen molar-refractivity contribution < 1.29 is 8.42 Å². The van der Waals surface area contributed by atoms with E-state index < -0.39 is 10.0 Å². The van der Waals surface area contributed by atoms with Crippen LogP contribution in [0.2, 0.25) is 0 Å². The van der Waals surface area contributed by atoms with Gasteiger partial charge in [-0.2, -0.15) is 4.31 Å². The first-order valence-electron chi connectivity index (χ1n) is 6.06. The summed E-state index contributed by atoms with van der Waals surface area (Å²) in [7, 11) is -1.74. The highest BCUT2D eigenvalue weighted by atomic mass is 32.2. The molecule has 0 radical (unpaired) electrons. The van der Waals surface area contributed by atoms with Crippen LogP contribution in [0.1, 0.15) is 23.4 Å². The Morgan fingerprint density at radius 1 is 1.47 bits per heavy atom. The molecule has 1 aliphatic heterocycles. The van der Waals surface area contributed by atoms with Crippen molar-refractivity contribution in [2.45, 2.75) is 24.4 Å². The Morgan fingerprint density at radius 3 is 2.95 bits per heavy atom. The van der Waals surface area contributed by atoms with Crippen LogP contribution in [0.25, 0.3) is 0 Å². The molecule has 19 heavy (non-hydrogen) atoms. The van der Waals surface area contributed by atoms with E-state index in [1.165, 1.54) is 11.2 Å². The number of sulfonamides is 1. The van der Waals surface area contributed by atoms with E-state index in [9.17, 15) is 8.42 Å². The zero-order valence-electron chi connectivity index (χ0n) is 10.8. The number of aryl methyl sites for hydroxylation is 1. The van der Waals surface area contributed by atoms with Crippen molar-refractivity contribution in [3.05, 3.63) is 34.4 Å². The second kappa shape index (κ2) is 4.43. The van der Waals surface area contributed by atoms with Crippen LogP contribution in [-0.2, 0) is 23.5 Å². The van der Waals surface area contributed by atoms with E-state index in [2.05, 4.69) is 4.98 Å². The summed E-state index contributed by atoms with van der Waals surface area (Å²) < 4.78 is 28.4. The van der Waals surface area contributed by atoms with Crippen LogP contribution in [0.3, 0.4) is 0 Å². The Bertz CT molecular complexity index is 702. The van der Waals surface area contributed by atoms with Gasteiger partial charge >= 0.3 is 0 Å². The van der Waals surface area contributed by atoms with Crippen LogP contribution in [0, 0.1) is 0 Å². The minimum Gasteiger partial charge on any atom is -0.339 e. The van der Waals surface area contributed by atoms with Crippen LogP contribution >= 0.6 is 11.3 Å². The van der Waals surface area contributed by atoms with Gasteiger partial charge in [-0.1, -0.05) is 0 Å². The standard InChI is InChI=1S/C12H15N3O2S2/c1-9-10-4-6-18-11(10)3-5-15(9)19(16,17)12-7-14(2)8-13-12/h4,6-9H,3,5H2,1-2H3. The van der Waals surface area contributed by atoms with Gasteiger partial charge in [-0.25, -0.2) is 13.4 Å². The lowest BCUT2D eigenvalue weighted by molar-refractivity contribution is 0.328. The van der Waals surface area contributed by atoms with Gasteiger partial charge in [-0.05, 0) is 30.4 Å². The third kappa shape index (κ3) is 2.01. The van der Waals surface area contributed by atoms with Crippen LogP contribution in [0.15, 0.2) is 29.0 Å². The van der Waals surface area contributed by atoms with E-state index in [4.69, 9.17) is 0 Å². The minimum absolute atomic E-state index is 0.123. The predicted octanol–water partition coefficient (Wildman–Crippen LogP) is 1.79. The summed E-state index contributed by atoms with van der Waals surface area (Å²) in [5.74, 6) is 0. The minimum atomic E-state index is -3.50. The topological polar surface area (TPSA) is 55.2 Å². The number of nitrogens with zero attached hydrogens (tertiary/aromatic N) is 3. The van der Waals surface area contributed by atoms with Gasteiger partial charge in [0.05, 0.1) is 6.33 Å². The third-order valence-corrected chi connectivity index (χ3v) is 6.33. The van der Waals surface area contributed by atoms with Gasteiger partial charge in [0.1, 0.15) is 0 Å². The molecule has 7 heteroatoms. The van der Waals surface area contributed by atoms with Gasteiger partial charge < -0.3 is 4.57 Å². The van der Waals surface area contributed by atoms with E-state index in [1.54, 1.807) is 33.5 Å². The molecule has 0 bridgehead atoms. The molecule has 0 saturated heterocycles. The van der Waals surface area contributed by atoms with E-state index in [-0.39, 0.29) is 11.1 Å². The average molecular weight is 297 g/mol. The van der Waals surface area contributed by atoms with Gasteiger partial charge in [0.25, 0.3) is 10.0 Å². The molecule has 1 unspecified atom stereocenters. The second-order valence-electron chi connectivity index (χ2n) is 4.72. The molecule has 0 N–H and O–H groups in total. The first-order chi connectivity index (χ1) is 9.00. The Kier molecular flexibility index (Phi) is 2.99. The van der Waals surface area contributed by atoms with Crippen molar-refractivity contribution >= 4 is 21.4 Å². The summed E-state index contributed by atoms with van der Waals surface area (Å²) >= 11 is 1.70. The lowest BCUT2D eigenvalue weighted by atomic mass is 10.0. The first-order valence-corrected chi connectivity index (χ1v) is 8.38. The lowest BCUT2D eigenvalue weighted by Gasteiger charge is -2.31. The number of hydrogen-bond donors (Lipinski definition) is 0. The van der Waals surface area contributed by atoms with Gasteiger partial charge in [0.15, 0.2) is 5.03 Å². The van der Waals surface area contributed by atoms with Gasteiger partial charge in [0, 0.05) is 30.7 Å². The SMILES string of the molecule is CC1c2ccsc2CCN1S(=O)(=O)c1cn(C)cn1. The normalized spacial score (nSPS) is 20.4. The number of hydrogen-bond acceptors (Lipinski definition) is 4. The molecule has 2 aromatic heterocycles. The highest BCUT2D eigenvalue weighted by Gasteiger charge is 2.35. The van der Waals surface area contributed by atoms with Crippen molar-refractivity contribution in [3.63, 3.8) is 0 Å². The molecular weight excluding hydrogens is 282 g/mol. The molecule has 3 heterocycles. The van der Waals surface area contributed by atoms with E-state index in [1.807, 2.05) is 18.4 Å². The van der Waals surface area contributed by atoms with E-state index in [0.29, 0.717) is 6.54 Å². The molecule has 0 fully saturated rings. The lowest BCUT2D eigenvalue weighted by Crippen LogP contribution is -2.38. The summed E-state index contributed by atoms with van der Waals surface area (Å²) in [5, 5.41) is 2.15. The Morgan fingerprint density at radius 2 is 2.26 bits per heavy atom. The second-order valence-corrected chi connectivity index (χ2v) is 7.56. The summed E-state index contributed by atoms with van der Waals surface area (Å²) in [6.07, 6.45) is 3.84. The molecule has 0 saturated carbocycles. The molecule has 0 aliphatic carbocycles. The Labute approximate surface area is 116 Å². The van der Waals surface area contributed by atoms with E-state index >= 15 is 0 Å². The zero-order valence-corrected chi connectivity index (χ0v) is 12.4. The Hall–Kier alpha value is -1.18. The maximum Gasteiger partial charge on any atom is 0.262 e. The third-order valence-electron chi connectivity index (χ3n) is 3.48. The quantitative estimate of drug-likeness (QED) is 0.849. The fourth-order valence-corrected chi connectivity index (χ4v) is 5.00. The van der Waals surface area contributed by atoms with Crippen LogP contribution in [0.5, 0.6) is 0 Å². The number of aromatic nitrogens is 2. The maximum atomic E-state index is 12.6. The number of imidazole rings is 1. The van der Waals surface area contributed by atoms with Crippen LogP contribution in [-0.4, -0.2) is 28.8 Å². The molecule has 0 amide bonds. The summed E-state index contributed by atoms with van der Waals surface area (Å²) in [4.78, 5) is 5.27. The van der Waals surface area contributed by atoms with Gasteiger partial charge in [-0.3, -0.25) is 0 Å². The van der Waals surface area contributed by atoms with Crippen molar-refractivity contribution in [1.29, 1.82) is 0 Å². The van der Waals surface area contributed by atoms with Crippen LogP contribution in [0.4, 0.5) is 0 Å². The van der Waals surface area contributed by atoms with Gasteiger partial charge in [-0.15, -0.1) is 11.3 Å². The number of fused-ring (bicyclic) bond motifs is 1. The van der Waals surface area contributed by atoms with Crippen molar-refractivity contribution in [1.82, 2.24) is 13.9 Å². The zero-order chi connectivity index (χ0) is 13.6. The van der Waals surface area contributed by atoms with Crippen molar-refractivity contribution in [2.24, 2.45) is 7.05 Å². The maximum absolute atomic E-state index is 12.6. The fourth-order valence-electron chi connectivity index (χ4n) is 2.46. The number of thiophene rings is 1. The number of rotatable bonds is 2. The van der Waals surface area contributed by atoms with Crippen molar-refractivity contribution in [3.8, 4) is 0 Å². The summed E-state index contributed by atoms with van der Waals surface area (Å²) in [6.45, 7) is 2.46. The van der Waals surface area contributed by atoms with Crippen molar-refractivity contribution in [2.75, 3.05) is 6.54 Å². The molecule has 1 atom stereocenters. The first kappa shape index (κ1) is 12.8. The molecule has 0 aromatic carbocycles. The molecule has 2 aromatic rings. The Balaban J connectivity index is 2.00. The highest BCUT2D eigenvalue weighted by molar-refractivity contribution is 7.89.